The zero-order valence-electron chi connectivity index (χ0n) is 11.3. The minimum absolute atomic E-state index is 0.0229. The molecule has 0 aliphatic heterocycles. The molecule has 0 aliphatic carbocycles. The Morgan fingerprint density at radius 2 is 2.05 bits per heavy atom. The molecule has 0 bridgehead atoms. The number of oxime groups is 1. The number of hydrogen-bond acceptors (Lipinski definition) is 4. The van der Waals surface area contributed by atoms with Crippen LogP contribution >= 0.6 is 0 Å². The van der Waals surface area contributed by atoms with Crippen LogP contribution in [0.3, 0.4) is 0 Å². The standard InChI is InChI=1S/C15H18N4O/c1-11(12-6-3-2-4-7-12)18-10-13-8-5-9-17-14(13)15(16)19-20/h2-9,11,18,20H,10H2,1H3,(H2,16,19). The van der Waals surface area contributed by atoms with Crippen molar-refractivity contribution in [1.29, 1.82) is 0 Å². The third-order valence-electron chi connectivity index (χ3n) is 3.14. The zero-order valence-corrected chi connectivity index (χ0v) is 11.3. The van der Waals surface area contributed by atoms with E-state index in [9.17, 15) is 0 Å². The number of amidine groups is 1. The molecule has 2 aromatic rings. The van der Waals surface area contributed by atoms with E-state index in [0.29, 0.717) is 12.2 Å². The highest BCUT2D eigenvalue weighted by Crippen LogP contribution is 2.13. The molecule has 104 valence electrons. The molecule has 1 aromatic carbocycles. The van der Waals surface area contributed by atoms with Crippen LogP contribution in [0, 0.1) is 0 Å². The first-order valence-electron chi connectivity index (χ1n) is 6.42. The predicted molar refractivity (Wildman–Crippen MR) is 78.4 cm³/mol. The smallest absolute Gasteiger partial charge is 0.189 e. The van der Waals surface area contributed by atoms with Gasteiger partial charge in [0.2, 0.25) is 0 Å². The molecule has 0 aliphatic rings. The SMILES string of the molecule is CC(NCc1cccnc1C(N)=NO)c1ccccc1. The highest BCUT2D eigenvalue weighted by atomic mass is 16.4. The van der Waals surface area contributed by atoms with E-state index in [1.807, 2.05) is 30.3 Å². The van der Waals surface area contributed by atoms with Gasteiger partial charge in [-0.1, -0.05) is 41.6 Å². The number of benzene rings is 1. The highest BCUT2D eigenvalue weighted by Gasteiger charge is 2.10. The molecule has 0 fully saturated rings. The van der Waals surface area contributed by atoms with E-state index in [1.165, 1.54) is 5.56 Å². The fraction of sp³-hybridized carbons (Fsp3) is 0.200. The minimum atomic E-state index is 0.0229. The average molecular weight is 270 g/mol. The van der Waals surface area contributed by atoms with Crippen molar-refractivity contribution in [3.63, 3.8) is 0 Å². The summed E-state index contributed by atoms with van der Waals surface area (Å²) < 4.78 is 0. The third-order valence-corrected chi connectivity index (χ3v) is 3.14. The normalized spacial score (nSPS) is 13.2. The molecular weight excluding hydrogens is 252 g/mol. The summed E-state index contributed by atoms with van der Waals surface area (Å²) in [5, 5.41) is 15.2. The Kier molecular flexibility index (Phi) is 4.68. The lowest BCUT2D eigenvalue weighted by Crippen LogP contribution is -2.23. The van der Waals surface area contributed by atoms with E-state index in [2.05, 4.69) is 34.5 Å². The maximum Gasteiger partial charge on any atom is 0.189 e. The summed E-state index contributed by atoms with van der Waals surface area (Å²) in [4.78, 5) is 4.14. The molecule has 1 unspecified atom stereocenters. The van der Waals surface area contributed by atoms with E-state index < -0.39 is 0 Å². The van der Waals surface area contributed by atoms with Crippen LogP contribution < -0.4 is 11.1 Å². The molecule has 0 amide bonds. The van der Waals surface area contributed by atoms with E-state index in [1.54, 1.807) is 6.20 Å². The Morgan fingerprint density at radius 3 is 2.75 bits per heavy atom. The molecule has 1 aromatic heterocycles. The predicted octanol–water partition coefficient (Wildman–Crippen LogP) is 2.03. The third kappa shape index (κ3) is 3.33. The molecule has 20 heavy (non-hydrogen) atoms. The first-order chi connectivity index (χ1) is 9.72. The number of pyridine rings is 1. The van der Waals surface area contributed by atoms with Gasteiger partial charge in [-0.15, -0.1) is 0 Å². The van der Waals surface area contributed by atoms with Crippen molar-refractivity contribution in [2.24, 2.45) is 10.9 Å². The van der Waals surface area contributed by atoms with Crippen LogP contribution in [-0.4, -0.2) is 16.0 Å². The van der Waals surface area contributed by atoms with Crippen LogP contribution in [0.15, 0.2) is 53.8 Å². The maximum atomic E-state index is 8.77. The van der Waals surface area contributed by atoms with Gasteiger partial charge in [-0.3, -0.25) is 4.98 Å². The summed E-state index contributed by atoms with van der Waals surface area (Å²) in [5.41, 5.74) is 8.23. The van der Waals surface area contributed by atoms with E-state index in [-0.39, 0.29) is 11.9 Å². The van der Waals surface area contributed by atoms with Crippen molar-refractivity contribution in [3.8, 4) is 0 Å². The maximum absolute atomic E-state index is 8.77. The van der Waals surface area contributed by atoms with Crippen LogP contribution in [0.5, 0.6) is 0 Å². The van der Waals surface area contributed by atoms with Gasteiger partial charge in [0.05, 0.1) is 0 Å². The summed E-state index contributed by atoms with van der Waals surface area (Å²) >= 11 is 0. The molecule has 2 rings (SSSR count). The molecule has 1 atom stereocenters. The van der Waals surface area contributed by atoms with E-state index in [0.717, 1.165) is 5.56 Å². The Bertz CT molecular complexity index is 583. The van der Waals surface area contributed by atoms with Crippen molar-refractivity contribution >= 4 is 5.84 Å². The summed E-state index contributed by atoms with van der Waals surface area (Å²) in [6, 6.07) is 14.1. The Morgan fingerprint density at radius 1 is 1.30 bits per heavy atom. The average Bonchev–Trinajstić information content (AvgIpc) is 2.53. The molecule has 0 radical (unpaired) electrons. The van der Waals surface area contributed by atoms with Crippen molar-refractivity contribution in [3.05, 3.63) is 65.5 Å². The monoisotopic (exact) mass is 270 g/mol. The van der Waals surface area contributed by atoms with E-state index in [4.69, 9.17) is 10.9 Å². The first-order valence-corrected chi connectivity index (χ1v) is 6.42. The molecule has 5 nitrogen and oxygen atoms in total. The van der Waals surface area contributed by atoms with E-state index >= 15 is 0 Å². The fourth-order valence-corrected chi connectivity index (χ4v) is 1.98. The largest absolute Gasteiger partial charge is 0.409 e. The second-order valence-electron chi connectivity index (χ2n) is 4.51. The summed E-state index contributed by atoms with van der Waals surface area (Å²) in [5.74, 6) is 0.0229. The van der Waals surface area contributed by atoms with Crippen molar-refractivity contribution in [1.82, 2.24) is 10.3 Å². The fourth-order valence-electron chi connectivity index (χ4n) is 1.98. The number of aromatic nitrogens is 1. The van der Waals surface area contributed by atoms with Gasteiger partial charge in [0.25, 0.3) is 0 Å². The van der Waals surface area contributed by atoms with Crippen LogP contribution in [-0.2, 0) is 6.54 Å². The van der Waals surface area contributed by atoms with Crippen molar-refractivity contribution < 1.29 is 5.21 Å². The van der Waals surface area contributed by atoms with Gasteiger partial charge in [-0.2, -0.15) is 0 Å². The number of nitrogens with zero attached hydrogens (tertiary/aromatic N) is 2. The summed E-state index contributed by atoms with van der Waals surface area (Å²) in [7, 11) is 0. The van der Waals surface area contributed by atoms with Gasteiger partial charge in [0.15, 0.2) is 5.84 Å². The second kappa shape index (κ2) is 6.68. The Labute approximate surface area is 118 Å². The zero-order chi connectivity index (χ0) is 14.4. The first kappa shape index (κ1) is 14.0. The number of hydrogen-bond donors (Lipinski definition) is 3. The summed E-state index contributed by atoms with van der Waals surface area (Å²) in [6.07, 6.45) is 1.62. The van der Waals surface area contributed by atoms with Gasteiger partial charge in [-0.05, 0) is 24.1 Å². The molecular formula is C15H18N4O. The Balaban J connectivity index is 2.08. The van der Waals surface area contributed by atoms with Gasteiger partial charge in [0.1, 0.15) is 5.69 Å². The van der Waals surface area contributed by atoms with Crippen molar-refractivity contribution in [2.45, 2.75) is 19.5 Å². The molecule has 1 heterocycles. The quantitative estimate of drug-likeness (QED) is 0.336. The van der Waals surface area contributed by atoms with Gasteiger partial charge >= 0.3 is 0 Å². The number of nitrogens with two attached hydrogens (primary N) is 1. The number of rotatable bonds is 5. The van der Waals surface area contributed by atoms with Gasteiger partial charge in [-0.25, -0.2) is 0 Å². The van der Waals surface area contributed by atoms with Crippen molar-refractivity contribution in [2.75, 3.05) is 0 Å². The topological polar surface area (TPSA) is 83.5 Å². The molecule has 4 N–H and O–H groups in total. The molecule has 0 saturated heterocycles. The molecule has 0 spiro atoms. The second-order valence-corrected chi connectivity index (χ2v) is 4.51. The van der Waals surface area contributed by atoms with Crippen LogP contribution in [0.2, 0.25) is 0 Å². The van der Waals surface area contributed by atoms with Crippen LogP contribution in [0.1, 0.15) is 29.8 Å². The summed E-state index contributed by atoms with van der Waals surface area (Å²) in [6.45, 7) is 2.68. The Hall–Kier alpha value is -2.40. The van der Waals surface area contributed by atoms with Gasteiger partial charge < -0.3 is 16.3 Å². The lowest BCUT2D eigenvalue weighted by Gasteiger charge is -2.15. The van der Waals surface area contributed by atoms with Crippen LogP contribution in [0.25, 0.3) is 0 Å². The van der Waals surface area contributed by atoms with Gasteiger partial charge in [0, 0.05) is 18.8 Å². The number of nitrogens with one attached hydrogen (secondary N) is 1. The molecule has 5 heteroatoms. The highest BCUT2D eigenvalue weighted by molar-refractivity contribution is 5.96. The lowest BCUT2D eigenvalue weighted by atomic mass is 10.1. The lowest BCUT2D eigenvalue weighted by molar-refractivity contribution is 0.318. The molecule has 0 saturated carbocycles. The van der Waals surface area contributed by atoms with Crippen LogP contribution in [0.4, 0.5) is 0 Å². The minimum Gasteiger partial charge on any atom is -0.409 e.